The van der Waals surface area contributed by atoms with Crippen LogP contribution in [-0.4, -0.2) is 47.9 Å². The van der Waals surface area contributed by atoms with E-state index >= 15 is 0 Å². The fourth-order valence-corrected chi connectivity index (χ4v) is 4.10. The zero-order chi connectivity index (χ0) is 14.4. The quantitative estimate of drug-likeness (QED) is 0.377. The Kier molecular flexibility index (Phi) is 13.0. The van der Waals surface area contributed by atoms with Gasteiger partial charge >= 0.3 is 8.80 Å². The molecule has 19 heavy (non-hydrogen) atoms. The molecule has 0 saturated heterocycles. The zero-order valence-corrected chi connectivity index (χ0v) is 13.9. The van der Waals surface area contributed by atoms with Gasteiger partial charge in [-0.1, -0.05) is 20.8 Å². The second-order valence-electron chi connectivity index (χ2n) is 4.55. The van der Waals surface area contributed by atoms with Crippen LogP contribution >= 0.6 is 0 Å². The minimum absolute atomic E-state index is 0.674. The highest BCUT2D eigenvalue weighted by Crippen LogP contribution is 2.11. The molecule has 0 spiro atoms. The van der Waals surface area contributed by atoms with Crippen molar-refractivity contribution in [2.75, 3.05) is 39.1 Å². The van der Waals surface area contributed by atoms with E-state index in [1.165, 1.54) is 0 Å². The third kappa shape index (κ3) is 9.54. The molecule has 0 amide bonds. The molecule has 0 aromatic rings. The van der Waals surface area contributed by atoms with Crippen molar-refractivity contribution in [2.24, 2.45) is 5.73 Å². The van der Waals surface area contributed by atoms with E-state index in [0.717, 1.165) is 32.2 Å². The van der Waals surface area contributed by atoms with Crippen molar-refractivity contribution in [2.45, 2.75) is 46.5 Å². The predicted octanol–water partition coefficient (Wildman–Crippen LogP) is 1.68. The molecule has 0 unspecified atom stereocenters. The topological polar surface area (TPSA) is 65.7 Å². The number of nitrogens with two attached hydrogens (primary N) is 1. The van der Waals surface area contributed by atoms with Gasteiger partial charge in [0.1, 0.15) is 0 Å². The number of nitrogens with one attached hydrogen (secondary N) is 1. The molecule has 0 fully saturated rings. The Morgan fingerprint density at radius 1 is 0.895 bits per heavy atom. The Balaban J connectivity index is 4.38. The lowest BCUT2D eigenvalue weighted by atomic mass is 10.4. The maximum absolute atomic E-state index is 5.96. The molecular formula is C13H32N2O3Si. The smallest absolute Gasteiger partial charge is 0.373 e. The van der Waals surface area contributed by atoms with Crippen LogP contribution in [0.2, 0.25) is 0 Å². The number of rotatable bonds is 14. The molecule has 0 saturated carbocycles. The van der Waals surface area contributed by atoms with Crippen LogP contribution in [0.3, 0.4) is 0 Å². The lowest BCUT2D eigenvalue weighted by Crippen LogP contribution is -2.55. The van der Waals surface area contributed by atoms with Crippen molar-refractivity contribution in [1.29, 1.82) is 0 Å². The molecule has 0 radical (unpaired) electrons. The lowest BCUT2D eigenvalue weighted by Gasteiger charge is -2.29. The van der Waals surface area contributed by atoms with Crippen molar-refractivity contribution in [1.82, 2.24) is 5.32 Å². The molecule has 6 heteroatoms. The monoisotopic (exact) mass is 292 g/mol. The van der Waals surface area contributed by atoms with Gasteiger partial charge in [-0.05, 0) is 38.8 Å². The summed E-state index contributed by atoms with van der Waals surface area (Å²) in [4.78, 5) is 0. The van der Waals surface area contributed by atoms with Gasteiger partial charge in [0, 0.05) is 19.8 Å². The van der Waals surface area contributed by atoms with E-state index in [0.29, 0.717) is 32.5 Å². The summed E-state index contributed by atoms with van der Waals surface area (Å²) in [7, 11) is -2.56. The SMILES string of the molecule is CCCO[Si](CNCCCN)(OCCC)OCCC. The van der Waals surface area contributed by atoms with Crippen LogP contribution in [0.25, 0.3) is 0 Å². The van der Waals surface area contributed by atoms with Crippen molar-refractivity contribution in [3.8, 4) is 0 Å². The van der Waals surface area contributed by atoms with Crippen LogP contribution in [-0.2, 0) is 13.3 Å². The Labute approximate surface area is 119 Å². The summed E-state index contributed by atoms with van der Waals surface area (Å²) in [6, 6.07) is 0. The molecule has 0 aromatic heterocycles. The Morgan fingerprint density at radius 2 is 1.37 bits per heavy atom. The molecule has 0 aliphatic carbocycles. The molecule has 3 N–H and O–H groups in total. The highest BCUT2D eigenvalue weighted by atomic mass is 28.4. The fourth-order valence-electron chi connectivity index (χ4n) is 1.52. The van der Waals surface area contributed by atoms with Crippen LogP contribution in [0.4, 0.5) is 0 Å². The van der Waals surface area contributed by atoms with Gasteiger partial charge in [0.2, 0.25) is 0 Å². The van der Waals surface area contributed by atoms with Gasteiger partial charge in [-0.3, -0.25) is 0 Å². The van der Waals surface area contributed by atoms with E-state index in [4.69, 9.17) is 19.0 Å². The lowest BCUT2D eigenvalue weighted by molar-refractivity contribution is 0.0582. The van der Waals surface area contributed by atoms with Crippen molar-refractivity contribution in [3.05, 3.63) is 0 Å². The standard InChI is InChI=1S/C13H32N2O3Si/c1-4-10-16-19(17-11-5-2,18-12-6-3)13-15-9-7-8-14/h15H,4-14H2,1-3H3. The highest BCUT2D eigenvalue weighted by Gasteiger charge is 2.40. The number of hydrogen-bond acceptors (Lipinski definition) is 5. The van der Waals surface area contributed by atoms with Gasteiger partial charge < -0.3 is 24.3 Å². The predicted molar refractivity (Wildman–Crippen MR) is 81.0 cm³/mol. The normalized spacial score (nSPS) is 12.0. The van der Waals surface area contributed by atoms with Gasteiger partial charge in [0.25, 0.3) is 0 Å². The van der Waals surface area contributed by atoms with Crippen molar-refractivity contribution < 1.29 is 13.3 Å². The van der Waals surface area contributed by atoms with Crippen LogP contribution in [0.15, 0.2) is 0 Å². The third-order valence-corrected chi connectivity index (χ3v) is 5.09. The molecule has 0 atom stereocenters. The highest BCUT2D eigenvalue weighted by molar-refractivity contribution is 6.60. The van der Waals surface area contributed by atoms with Crippen molar-refractivity contribution >= 4 is 8.80 Å². The van der Waals surface area contributed by atoms with Crippen LogP contribution in [0.5, 0.6) is 0 Å². The molecule has 0 bridgehead atoms. The Hall–Kier alpha value is 0.0169. The molecule has 0 heterocycles. The summed E-state index contributed by atoms with van der Waals surface area (Å²) in [6.07, 6.45) is 4.56. The Bertz CT molecular complexity index is 175. The summed E-state index contributed by atoms with van der Waals surface area (Å²) < 4.78 is 17.9. The van der Waals surface area contributed by atoms with Crippen LogP contribution < -0.4 is 11.1 Å². The number of hydrogen-bond donors (Lipinski definition) is 2. The van der Waals surface area contributed by atoms with E-state index < -0.39 is 8.80 Å². The van der Waals surface area contributed by atoms with Gasteiger partial charge in [0.15, 0.2) is 0 Å². The maximum Gasteiger partial charge on any atom is 0.515 e. The minimum Gasteiger partial charge on any atom is -0.373 e. The molecular weight excluding hydrogens is 260 g/mol. The van der Waals surface area contributed by atoms with Crippen LogP contribution in [0, 0.1) is 0 Å². The second kappa shape index (κ2) is 13.0. The minimum atomic E-state index is -2.56. The Morgan fingerprint density at radius 3 is 1.74 bits per heavy atom. The maximum atomic E-state index is 5.96. The van der Waals surface area contributed by atoms with E-state index in [1.54, 1.807) is 0 Å². The first-order valence-electron chi connectivity index (χ1n) is 7.57. The van der Waals surface area contributed by atoms with Gasteiger partial charge in [-0.15, -0.1) is 0 Å². The van der Waals surface area contributed by atoms with Gasteiger partial charge in [-0.2, -0.15) is 0 Å². The molecule has 116 valence electrons. The average Bonchev–Trinajstić information content (AvgIpc) is 2.44. The van der Waals surface area contributed by atoms with Gasteiger partial charge in [-0.25, -0.2) is 0 Å². The second-order valence-corrected chi connectivity index (χ2v) is 7.13. The van der Waals surface area contributed by atoms with E-state index in [-0.39, 0.29) is 0 Å². The molecule has 0 aliphatic heterocycles. The van der Waals surface area contributed by atoms with E-state index in [2.05, 4.69) is 26.1 Å². The first kappa shape index (κ1) is 19.0. The third-order valence-electron chi connectivity index (χ3n) is 2.48. The molecule has 5 nitrogen and oxygen atoms in total. The van der Waals surface area contributed by atoms with E-state index in [9.17, 15) is 0 Å². The van der Waals surface area contributed by atoms with Gasteiger partial charge in [0.05, 0.1) is 6.17 Å². The van der Waals surface area contributed by atoms with Crippen molar-refractivity contribution in [3.63, 3.8) is 0 Å². The molecule has 0 aromatic carbocycles. The first-order chi connectivity index (χ1) is 9.24. The largest absolute Gasteiger partial charge is 0.515 e. The average molecular weight is 292 g/mol. The molecule has 0 aliphatic rings. The van der Waals surface area contributed by atoms with E-state index in [1.807, 2.05) is 0 Å². The molecule has 0 rings (SSSR count). The fraction of sp³-hybridized carbons (Fsp3) is 1.00. The van der Waals surface area contributed by atoms with Crippen LogP contribution in [0.1, 0.15) is 46.5 Å². The summed E-state index contributed by atoms with van der Waals surface area (Å²) in [5.41, 5.74) is 5.50. The summed E-state index contributed by atoms with van der Waals surface area (Å²) in [6.45, 7) is 9.95. The summed E-state index contributed by atoms with van der Waals surface area (Å²) in [5, 5.41) is 3.36. The summed E-state index contributed by atoms with van der Waals surface area (Å²) in [5.74, 6) is 0. The summed E-state index contributed by atoms with van der Waals surface area (Å²) >= 11 is 0. The zero-order valence-electron chi connectivity index (χ0n) is 12.9. The first-order valence-corrected chi connectivity index (χ1v) is 9.50.